The lowest BCUT2D eigenvalue weighted by molar-refractivity contribution is -0.138. The van der Waals surface area contributed by atoms with Gasteiger partial charge in [0.1, 0.15) is 6.04 Å². The average molecular weight is 289 g/mol. The Morgan fingerprint density at radius 2 is 2.10 bits per heavy atom. The van der Waals surface area contributed by atoms with Gasteiger partial charge in [0.15, 0.2) is 0 Å². The molecule has 2 aliphatic rings. The van der Waals surface area contributed by atoms with E-state index in [0.717, 1.165) is 11.3 Å². The maximum Gasteiger partial charge on any atom is 0.240 e. The Kier molecular flexibility index (Phi) is 3.55. The molecule has 6 heteroatoms. The van der Waals surface area contributed by atoms with Crippen molar-refractivity contribution in [2.45, 2.75) is 30.9 Å². The highest BCUT2D eigenvalue weighted by atomic mass is 16.3. The van der Waals surface area contributed by atoms with Gasteiger partial charge in [0.05, 0.1) is 12.0 Å². The monoisotopic (exact) mass is 289 g/mol. The van der Waals surface area contributed by atoms with Gasteiger partial charge in [0.25, 0.3) is 0 Å². The molecule has 0 spiro atoms. The fourth-order valence-corrected chi connectivity index (χ4v) is 3.25. The Bertz CT molecular complexity index is 575. The lowest BCUT2D eigenvalue weighted by Crippen LogP contribution is -2.46. The van der Waals surface area contributed by atoms with Crippen LogP contribution in [-0.2, 0) is 9.59 Å². The number of amides is 2. The van der Waals surface area contributed by atoms with E-state index in [1.54, 1.807) is 0 Å². The second-order valence-electron chi connectivity index (χ2n) is 5.65. The molecule has 1 aromatic rings. The van der Waals surface area contributed by atoms with E-state index in [0.29, 0.717) is 13.0 Å². The number of hydrogen-bond donors (Lipinski definition) is 3. The molecule has 3 rings (SSSR count). The van der Waals surface area contributed by atoms with Crippen molar-refractivity contribution in [3.05, 3.63) is 29.8 Å². The number of primary amides is 1. The fourth-order valence-electron chi connectivity index (χ4n) is 3.25. The Balaban J connectivity index is 1.87. The summed E-state index contributed by atoms with van der Waals surface area (Å²) in [6.45, 7) is 0.892. The molecule has 0 bridgehead atoms. The zero-order valence-corrected chi connectivity index (χ0v) is 11.7. The van der Waals surface area contributed by atoms with Crippen molar-refractivity contribution in [1.82, 2.24) is 4.90 Å². The van der Waals surface area contributed by atoms with Crippen LogP contribution in [0, 0.1) is 0 Å². The number of benzene rings is 1. The summed E-state index contributed by atoms with van der Waals surface area (Å²) in [6, 6.07) is 6.99. The predicted molar refractivity (Wildman–Crippen MR) is 77.6 cm³/mol. The van der Waals surface area contributed by atoms with Gasteiger partial charge in [-0.2, -0.15) is 0 Å². The summed E-state index contributed by atoms with van der Waals surface area (Å²) < 4.78 is 0. The number of fused-ring (bicyclic) bond motifs is 1. The van der Waals surface area contributed by atoms with Crippen molar-refractivity contribution in [2.75, 3.05) is 18.4 Å². The number of aliphatic hydroxyl groups excluding tert-OH is 1. The van der Waals surface area contributed by atoms with Crippen LogP contribution in [0.5, 0.6) is 0 Å². The molecule has 0 radical (unpaired) electrons. The molecule has 0 aliphatic carbocycles. The zero-order chi connectivity index (χ0) is 15.0. The number of nitrogens with zero attached hydrogens (tertiary/aromatic N) is 1. The van der Waals surface area contributed by atoms with Crippen LogP contribution in [0.1, 0.15) is 24.3 Å². The second kappa shape index (κ2) is 5.37. The molecule has 1 fully saturated rings. The van der Waals surface area contributed by atoms with Gasteiger partial charge in [0.2, 0.25) is 11.8 Å². The first-order valence-corrected chi connectivity index (χ1v) is 7.18. The van der Waals surface area contributed by atoms with Crippen molar-refractivity contribution >= 4 is 17.5 Å². The van der Waals surface area contributed by atoms with Crippen molar-refractivity contribution < 1.29 is 14.7 Å². The van der Waals surface area contributed by atoms with Gasteiger partial charge in [-0.3, -0.25) is 9.59 Å². The zero-order valence-electron chi connectivity index (χ0n) is 11.7. The number of nitrogens with one attached hydrogen (secondary N) is 1. The summed E-state index contributed by atoms with van der Waals surface area (Å²) in [7, 11) is 0. The maximum absolute atomic E-state index is 12.8. The third kappa shape index (κ3) is 2.47. The first-order chi connectivity index (χ1) is 10.1. The average Bonchev–Trinajstić information content (AvgIpc) is 2.88. The summed E-state index contributed by atoms with van der Waals surface area (Å²) in [5.74, 6) is -0.957. The number of anilines is 1. The minimum absolute atomic E-state index is 0.121. The van der Waals surface area contributed by atoms with E-state index in [4.69, 9.17) is 5.73 Å². The third-order valence-electron chi connectivity index (χ3n) is 4.27. The lowest BCUT2D eigenvalue weighted by Gasteiger charge is -2.31. The molecule has 4 N–H and O–H groups in total. The molecular formula is C15H19N3O3. The van der Waals surface area contributed by atoms with Gasteiger partial charge in [-0.05, 0) is 18.1 Å². The molecule has 3 atom stereocenters. The van der Waals surface area contributed by atoms with Gasteiger partial charge >= 0.3 is 0 Å². The van der Waals surface area contributed by atoms with Crippen LogP contribution >= 0.6 is 0 Å². The first-order valence-electron chi connectivity index (χ1n) is 7.18. The van der Waals surface area contributed by atoms with Crippen molar-refractivity contribution in [3.8, 4) is 0 Å². The van der Waals surface area contributed by atoms with E-state index in [9.17, 15) is 14.7 Å². The topological polar surface area (TPSA) is 95.7 Å². The summed E-state index contributed by atoms with van der Waals surface area (Å²) >= 11 is 0. The van der Waals surface area contributed by atoms with E-state index in [1.807, 2.05) is 24.3 Å². The standard InChI is InChI=1S/C15H19N3O3/c16-14(20)13-7-9(19)8-18(13)15(21)11-5-6-17-12-4-2-1-3-10(11)12/h1-4,9,11,13,17,19H,5-8H2,(H2,16,20). The molecule has 0 saturated carbocycles. The predicted octanol–water partition coefficient (Wildman–Crippen LogP) is 0.0329. The first kappa shape index (κ1) is 13.9. The van der Waals surface area contributed by atoms with E-state index in [-0.39, 0.29) is 24.8 Å². The highest BCUT2D eigenvalue weighted by Gasteiger charge is 2.41. The summed E-state index contributed by atoms with van der Waals surface area (Å²) in [5, 5.41) is 13.0. The van der Waals surface area contributed by atoms with Crippen LogP contribution < -0.4 is 11.1 Å². The molecule has 2 amide bonds. The quantitative estimate of drug-likeness (QED) is 0.716. The SMILES string of the molecule is NC(=O)C1CC(O)CN1C(=O)C1CCNc2ccccc21. The van der Waals surface area contributed by atoms with Crippen molar-refractivity contribution in [3.63, 3.8) is 0 Å². The number of hydrogen-bond acceptors (Lipinski definition) is 4. The normalized spacial score (nSPS) is 27.9. The summed E-state index contributed by atoms with van der Waals surface area (Å²) in [4.78, 5) is 25.7. The van der Waals surface area contributed by atoms with Gasteiger partial charge < -0.3 is 21.1 Å². The second-order valence-corrected chi connectivity index (χ2v) is 5.65. The van der Waals surface area contributed by atoms with E-state index < -0.39 is 18.1 Å². The van der Waals surface area contributed by atoms with Crippen LogP contribution in [0.15, 0.2) is 24.3 Å². The Hall–Kier alpha value is -2.08. The molecule has 2 heterocycles. The highest BCUT2D eigenvalue weighted by molar-refractivity contribution is 5.92. The number of carbonyl (C=O) groups excluding carboxylic acids is 2. The van der Waals surface area contributed by atoms with E-state index >= 15 is 0 Å². The van der Waals surface area contributed by atoms with Gasteiger partial charge in [-0.25, -0.2) is 0 Å². The third-order valence-corrected chi connectivity index (χ3v) is 4.27. The maximum atomic E-state index is 12.8. The number of β-amino-alcohol motifs (C(OH)–C–C–N with tert-alkyl or cyclic N) is 1. The van der Waals surface area contributed by atoms with Gasteiger partial charge in [-0.1, -0.05) is 18.2 Å². The molecule has 0 aromatic heterocycles. The fraction of sp³-hybridized carbons (Fsp3) is 0.467. The van der Waals surface area contributed by atoms with Crippen LogP contribution in [0.2, 0.25) is 0 Å². The van der Waals surface area contributed by atoms with Gasteiger partial charge in [0, 0.05) is 25.2 Å². The number of rotatable bonds is 2. The smallest absolute Gasteiger partial charge is 0.240 e. The van der Waals surface area contributed by atoms with Crippen LogP contribution in [0.4, 0.5) is 5.69 Å². The summed E-state index contributed by atoms with van der Waals surface area (Å²) in [6.07, 6.45) is 0.227. The molecule has 21 heavy (non-hydrogen) atoms. The molecule has 112 valence electrons. The number of para-hydroxylation sites is 1. The number of likely N-dealkylation sites (tertiary alicyclic amines) is 1. The van der Waals surface area contributed by atoms with Crippen molar-refractivity contribution in [1.29, 1.82) is 0 Å². The van der Waals surface area contributed by atoms with Crippen LogP contribution in [0.3, 0.4) is 0 Å². The largest absolute Gasteiger partial charge is 0.391 e. The van der Waals surface area contributed by atoms with E-state index in [2.05, 4.69) is 5.32 Å². The molecule has 3 unspecified atom stereocenters. The Morgan fingerprint density at radius 3 is 2.86 bits per heavy atom. The summed E-state index contributed by atoms with van der Waals surface area (Å²) in [5.41, 5.74) is 7.25. The number of carbonyl (C=O) groups is 2. The molecule has 6 nitrogen and oxygen atoms in total. The van der Waals surface area contributed by atoms with Crippen LogP contribution in [-0.4, -0.2) is 47.1 Å². The van der Waals surface area contributed by atoms with Crippen LogP contribution in [0.25, 0.3) is 0 Å². The molecule has 2 aliphatic heterocycles. The number of nitrogens with two attached hydrogens (primary N) is 1. The molecule has 1 saturated heterocycles. The molecule has 1 aromatic carbocycles. The van der Waals surface area contributed by atoms with E-state index in [1.165, 1.54) is 4.90 Å². The number of aliphatic hydroxyl groups is 1. The Morgan fingerprint density at radius 1 is 1.33 bits per heavy atom. The minimum atomic E-state index is -0.699. The Labute approximate surface area is 122 Å². The van der Waals surface area contributed by atoms with Crippen molar-refractivity contribution in [2.24, 2.45) is 5.73 Å². The van der Waals surface area contributed by atoms with Gasteiger partial charge in [-0.15, -0.1) is 0 Å². The minimum Gasteiger partial charge on any atom is -0.391 e. The highest BCUT2D eigenvalue weighted by Crippen LogP contribution is 2.34. The lowest BCUT2D eigenvalue weighted by atomic mass is 9.89. The molecular weight excluding hydrogens is 270 g/mol.